The van der Waals surface area contributed by atoms with Crippen LogP contribution in [0.15, 0.2) is 0 Å². The monoisotopic (exact) mass is 182 g/mol. The molecular formula is C9H14N2O2. The van der Waals surface area contributed by atoms with Crippen molar-refractivity contribution in [2.24, 2.45) is 0 Å². The third-order valence-electron chi connectivity index (χ3n) is 1.33. The van der Waals surface area contributed by atoms with Crippen molar-refractivity contribution in [3.8, 4) is 12.1 Å². The van der Waals surface area contributed by atoms with E-state index < -0.39 is 0 Å². The Kier molecular flexibility index (Phi) is 8.23. The Hall–Kier alpha value is -1.10. The average Bonchev–Trinajstić information content (AvgIpc) is 2.13. The van der Waals surface area contributed by atoms with Gasteiger partial charge >= 0.3 is 0 Å². The Morgan fingerprint density at radius 2 is 1.77 bits per heavy atom. The van der Waals surface area contributed by atoms with E-state index in [2.05, 4.69) is 0 Å². The number of hydrogen-bond acceptors (Lipinski definition) is 4. The molecule has 0 aliphatic heterocycles. The van der Waals surface area contributed by atoms with Crippen molar-refractivity contribution in [3.05, 3.63) is 0 Å². The van der Waals surface area contributed by atoms with E-state index in [1.54, 1.807) is 0 Å². The van der Waals surface area contributed by atoms with Crippen molar-refractivity contribution >= 4 is 0 Å². The lowest BCUT2D eigenvalue weighted by Crippen LogP contribution is -2.16. The lowest BCUT2D eigenvalue weighted by Gasteiger charge is -2.11. The molecule has 0 saturated heterocycles. The van der Waals surface area contributed by atoms with Crippen LogP contribution in [0.1, 0.15) is 19.8 Å². The van der Waals surface area contributed by atoms with Crippen molar-refractivity contribution in [1.82, 2.24) is 0 Å². The van der Waals surface area contributed by atoms with Crippen LogP contribution in [0.3, 0.4) is 0 Å². The zero-order valence-electron chi connectivity index (χ0n) is 7.82. The molecule has 0 amide bonds. The first-order valence-corrected chi connectivity index (χ1v) is 4.24. The van der Waals surface area contributed by atoms with E-state index in [-0.39, 0.29) is 6.10 Å². The van der Waals surface area contributed by atoms with Gasteiger partial charge in [-0.1, -0.05) is 0 Å². The van der Waals surface area contributed by atoms with Gasteiger partial charge < -0.3 is 9.47 Å². The Bertz CT molecular complexity index is 193. The molecule has 1 unspecified atom stereocenters. The van der Waals surface area contributed by atoms with E-state index in [1.165, 1.54) is 0 Å². The molecule has 0 aromatic heterocycles. The van der Waals surface area contributed by atoms with Crippen molar-refractivity contribution in [2.75, 3.05) is 19.8 Å². The van der Waals surface area contributed by atoms with Gasteiger partial charge in [-0.2, -0.15) is 10.5 Å². The number of hydrogen-bond donors (Lipinski definition) is 0. The minimum Gasteiger partial charge on any atom is -0.378 e. The van der Waals surface area contributed by atoms with Crippen LogP contribution in [0.2, 0.25) is 0 Å². The van der Waals surface area contributed by atoms with E-state index in [9.17, 15) is 0 Å². The molecular weight excluding hydrogens is 168 g/mol. The lowest BCUT2D eigenvalue weighted by atomic mass is 10.4. The van der Waals surface area contributed by atoms with Crippen LogP contribution in [-0.2, 0) is 9.47 Å². The number of nitriles is 2. The zero-order valence-corrected chi connectivity index (χ0v) is 7.82. The summed E-state index contributed by atoms with van der Waals surface area (Å²) in [4.78, 5) is 0. The van der Waals surface area contributed by atoms with Gasteiger partial charge in [0, 0.05) is 0 Å². The normalized spacial score (nSPS) is 11.6. The van der Waals surface area contributed by atoms with Gasteiger partial charge in [0.05, 0.1) is 50.9 Å². The molecule has 0 aromatic carbocycles. The topological polar surface area (TPSA) is 66.0 Å². The molecule has 0 aromatic rings. The second-order valence-corrected chi connectivity index (χ2v) is 2.57. The second kappa shape index (κ2) is 8.99. The molecule has 72 valence electrons. The molecule has 4 heteroatoms. The van der Waals surface area contributed by atoms with E-state index in [1.807, 2.05) is 19.1 Å². The predicted molar refractivity (Wildman–Crippen MR) is 46.7 cm³/mol. The maximum absolute atomic E-state index is 8.23. The van der Waals surface area contributed by atoms with Gasteiger partial charge in [-0.15, -0.1) is 0 Å². The Balaban J connectivity index is 3.17. The molecule has 0 aliphatic carbocycles. The van der Waals surface area contributed by atoms with Gasteiger partial charge in [-0.25, -0.2) is 0 Å². The fourth-order valence-corrected chi connectivity index (χ4v) is 0.721. The SMILES string of the molecule is CC(COCCC#N)OCCC#N. The van der Waals surface area contributed by atoms with Crippen molar-refractivity contribution in [1.29, 1.82) is 10.5 Å². The standard InChI is InChI=1S/C9H14N2O2/c1-9(13-7-3-5-11)8-12-6-2-4-10/h9H,2-3,6-8H2,1H3. The lowest BCUT2D eigenvalue weighted by molar-refractivity contribution is -0.00310. The highest BCUT2D eigenvalue weighted by atomic mass is 16.5. The predicted octanol–water partition coefficient (Wildman–Crippen LogP) is 1.24. The summed E-state index contributed by atoms with van der Waals surface area (Å²) in [5.41, 5.74) is 0. The van der Waals surface area contributed by atoms with Crippen molar-refractivity contribution in [3.63, 3.8) is 0 Å². The van der Waals surface area contributed by atoms with Gasteiger partial charge in [-0.3, -0.25) is 0 Å². The van der Waals surface area contributed by atoms with Gasteiger partial charge in [0.2, 0.25) is 0 Å². The molecule has 0 rings (SSSR count). The van der Waals surface area contributed by atoms with Gasteiger partial charge in [0.15, 0.2) is 0 Å². The zero-order chi connectivity index (χ0) is 9.94. The maximum atomic E-state index is 8.23. The first-order chi connectivity index (χ1) is 6.31. The maximum Gasteiger partial charge on any atom is 0.0780 e. The second-order valence-electron chi connectivity index (χ2n) is 2.57. The molecule has 0 saturated carbocycles. The molecule has 0 aliphatic rings. The van der Waals surface area contributed by atoms with Crippen LogP contribution in [0.25, 0.3) is 0 Å². The minimum atomic E-state index is -0.00737. The highest BCUT2D eigenvalue weighted by Gasteiger charge is 2.00. The highest BCUT2D eigenvalue weighted by molar-refractivity contribution is 4.68. The van der Waals surface area contributed by atoms with Crippen LogP contribution in [0.5, 0.6) is 0 Å². The van der Waals surface area contributed by atoms with E-state index in [0.29, 0.717) is 32.7 Å². The molecule has 13 heavy (non-hydrogen) atoms. The minimum absolute atomic E-state index is 0.00737. The van der Waals surface area contributed by atoms with Crippen LogP contribution >= 0.6 is 0 Å². The largest absolute Gasteiger partial charge is 0.378 e. The summed E-state index contributed by atoms with van der Waals surface area (Å²) in [5.74, 6) is 0. The highest BCUT2D eigenvalue weighted by Crippen LogP contribution is 1.93. The molecule has 4 nitrogen and oxygen atoms in total. The average molecular weight is 182 g/mol. The molecule has 1 atom stereocenters. The fraction of sp³-hybridized carbons (Fsp3) is 0.778. The van der Waals surface area contributed by atoms with Crippen LogP contribution in [0, 0.1) is 22.7 Å². The van der Waals surface area contributed by atoms with E-state index in [0.717, 1.165) is 0 Å². The number of ether oxygens (including phenoxy) is 2. The van der Waals surface area contributed by atoms with Crippen LogP contribution in [0.4, 0.5) is 0 Å². The van der Waals surface area contributed by atoms with E-state index in [4.69, 9.17) is 20.0 Å². The van der Waals surface area contributed by atoms with Gasteiger partial charge in [-0.05, 0) is 6.92 Å². The molecule has 0 fully saturated rings. The molecule has 0 radical (unpaired) electrons. The Morgan fingerprint density at radius 1 is 1.15 bits per heavy atom. The smallest absolute Gasteiger partial charge is 0.0780 e. The van der Waals surface area contributed by atoms with Gasteiger partial charge in [0.1, 0.15) is 0 Å². The van der Waals surface area contributed by atoms with Crippen molar-refractivity contribution < 1.29 is 9.47 Å². The quantitative estimate of drug-likeness (QED) is 0.555. The van der Waals surface area contributed by atoms with Gasteiger partial charge in [0.25, 0.3) is 0 Å². The first kappa shape index (κ1) is 11.9. The Morgan fingerprint density at radius 3 is 2.38 bits per heavy atom. The summed E-state index contributed by atoms with van der Waals surface area (Å²) in [6.45, 7) is 3.25. The first-order valence-electron chi connectivity index (χ1n) is 4.24. The third kappa shape index (κ3) is 8.81. The van der Waals surface area contributed by atoms with Crippen LogP contribution < -0.4 is 0 Å². The van der Waals surface area contributed by atoms with Crippen LogP contribution in [-0.4, -0.2) is 25.9 Å². The number of rotatable bonds is 7. The molecule has 0 N–H and O–H groups in total. The summed E-state index contributed by atoms with van der Waals surface area (Å²) >= 11 is 0. The summed E-state index contributed by atoms with van der Waals surface area (Å²) in [5, 5.41) is 16.4. The summed E-state index contributed by atoms with van der Waals surface area (Å²) in [6.07, 6.45) is 0.806. The molecule has 0 spiro atoms. The number of nitrogens with zero attached hydrogens (tertiary/aromatic N) is 2. The Labute approximate surface area is 78.7 Å². The molecule has 0 heterocycles. The summed E-state index contributed by atoms with van der Waals surface area (Å²) in [7, 11) is 0. The fourth-order valence-electron chi connectivity index (χ4n) is 0.721. The summed E-state index contributed by atoms with van der Waals surface area (Å²) in [6, 6.07) is 3.98. The summed E-state index contributed by atoms with van der Waals surface area (Å²) < 4.78 is 10.4. The third-order valence-corrected chi connectivity index (χ3v) is 1.33. The van der Waals surface area contributed by atoms with Crippen molar-refractivity contribution in [2.45, 2.75) is 25.9 Å². The molecule has 0 bridgehead atoms. The van der Waals surface area contributed by atoms with E-state index >= 15 is 0 Å².